The Morgan fingerprint density at radius 3 is 2.67 bits per heavy atom. The molecule has 0 aromatic rings. The maximum absolute atomic E-state index is 11.7. The van der Waals surface area contributed by atoms with Crippen molar-refractivity contribution in [2.45, 2.75) is 51.6 Å². The summed E-state index contributed by atoms with van der Waals surface area (Å²) in [6, 6.07) is -0.460. The number of hydrogen-bond acceptors (Lipinski definition) is 4. The van der Waals surface area contributed by atoms with E-state index in [0.717, 1.165) is 6.42 Å². The van der Waals surface area contributed by atoms with Gasteiger partial charge in [0.25, 0.3) is 0 Å². The van der Waals surface area contributed by atoms with E-state index in [4.69, 9.17) is 0 Å². The molecule has 1 rings (SSSR count). The molecule has 0 radical (unpaired) electrons. The van der Waals surface area contributed by atoms with Crippen LogP contribution in [0.1, 0.15) is 40.0 Å². The Labute approximate surface area is 107 Å². The molecule has 3 N–H and O–H groups in total. The van der Waals surface area contributed by atoms with Crippen molar-refractivity contribution in [1.29, 1.82) is 0 Å². The quantitative estimate of drug-likeness (QED) is 0.588. The molecule has 0 saturated carbocycles. The van der Waals surface area contributed by atoms with Crippen molar-refractivity contribution >= 4 is 17.7 Å². The fraction of sp³-hybridized carbons (Fsp3) is 0.750. The van der Waals surface area contributed by atoms with E-state index in [9.17, 15) is 14.4 Å². The van der Waals surface area contributed by atoms with Crippen LogP contribution < -0.4 is 16.0 Å². The van der Waals surface area contributed by atoms with Gasteiger partial charge in [-0.2, -0.15) is 0 Å². The smallest absolute Gasteiger partial charge is 0.243 e. The molecule has 0 aromatic heterocycles. The fourth-order valence-electron chi connectivity index (χ4n) is 1.61. The van der Waals surface area contributed by atoms with Crippen LogP contribution in [-0.2, 0) is 14.4 Å². The van der Waals surface area contributed by atoms with Crippen molar-refractivity contribution in [1.82, 2.24) is 16.0 Å². The highest BCUT2D eigenvalue weighted by molar-refractivity contribution is 6.00. The lowest BCUT2D eigenvalue weighted by Gasteiger charge is -2.26. The van der Waals surface area contributed by atoms with E-state index < -0.39 is 6.04 Å². The zero-order valence-corrected chi connectivity index (χ0v) is 11.1. The standard InChI is InChI=1S/C12H21N3O3/c1-4-12(2,3)15-10(17)7-13-8-5-6-9(16)14-11(8)18/h8,13H,4-7H2,1-3H3,(H,15,17)(H,14,16,18). The molecular weight excluding hydrogens is 234 g/mol. The van der Waals surface area contributed by atoms with Crippen molar-refractivity contribution in [3.8, 4) is 0 Å². The highest BCUT2D eigenvalue weighted by Gasteiger charge is 2.27. The molecule has 1 fully saturated rings. The maximum Gasteiger partial charge on any atom is 0.243 e. The summed E-state index contributed by atoms with van der Waals surface area (Å²) in [6.07, 6.45) is 1.58. The molecule has 0 aliphatic carbocycles. The van der Waals surface area contributed by atoms with Gasteiger partial charge in [0.2, 0.25) is 17.7 Å². The van der Waals surface area contributed by atoms with E-state index >= 15 is 0 Å². The minimum absolute atomic E-state index is 0.0791. The van der Waals surface area contributed by atoms with Gasteiger partial charge in [-0.15, -0.1) is 0 Å². The van der Waals surface area contributed by atoms with E-state index in [1.165, 1.54) is 0 Å². The van der Waals surface area contributed by atoms with E-state index in [-0.39, 0.29) is 29.8 Å². The molecule has 1 saturated heterocycles. The second kappa shape index (κ2) is 5.95. The molecule has 1 atom stereocenters. The third-order valence-electron chi connectivity index (χ3n) is 3.11. The van der Waals surface area contributed by atoms with Gasteiger partial charge in [-0.1, -0.05) is 6.92 Å². The second-order valence-corrected chi connectivity index (χ2v) is 5.17. The van der Waals surface area contributed by atoms with Crippen LogP contribution in [0, 0.1) is 0 Å². The summed E-state index contributed by atoms with van der Waals surface area (Å²) < 4.78 is 0. The van der Waals surface area contributed by atoms with Gasteiger partial charge in [0, 0.05) is 12.0 Å². The number of nitrogens with one attached hydrogen (secondary N) is 3. The van der Waals surface area contributed by atoms with Gasteiger partial charge in [0.05, 0.1) is 12.6 Å². The summed E-state index contributed by atoms with van der Waals surface area (Å²) in [7, 11) is 0. The summed E-state index contributed by atoms with van der Waals surface area (Å²) in [5, 5.41) is 7.97. The van der Waals surface area contributed by atoms with Gasteiger partial charge in [-0.25, -0.2) is 0 Å². The Morgan fingerprint density at radius 2 is 2.11 bits per heavy atom. The minimum atomic E-state index is -0.460. The first-order valence-corrected chi connectivity index (χ1v) is 6.22. The van der Waals surface area contributed by atoms with Crippen molar-refractivity contribution in [3.63, 3.8) is 0 Å². The van der Waals surface area contributed by atoms with Crippen molar-refractivity contribution < 1.29 is 14.4 Å². The van der Waals surface area contributed by atoms with Gasteiger partial charge in [0.1, 0.15) is 0 Å². The Hall–Kier alpha value is -1.43. The number of piperidine rings is 1. The van der Waals surface area contributed by atoms with Crippen molar-refractivity contribution in [2.75, 3.05) is 6.54 Å². The summed E-state index contributed by atoms with van der Waals surface area (Å²) in [5.41, 5.74) is -0.246. The molecule has 0 bridgehead atoms. The van der Waals surface area contributed by atoms with Crippen LogP contribution in [0.25, 0.3) is 0 Å². The predicted molar refractivity (Wildman–Crippen MR) is 66.7 cm³/mol. The van der Waals surface area contributed by atoms with Crippen molar-refractivity contribution in [3.05, 3.63) is 0 Å². The molecule has 1 heterocycles. The number of amides is 3. The number of carbonyl (C=O) groups excluding carboxylic acids is 3. The average molecular weight is 255 g/mol. The Morgan fingerprint density at radius 1 is 1.44 bits per heavy atom. The number of carbonyl (C=O) groups is 3. The predicted octanol–water partition coefficient (Wildman–Crippen LogP) is -0.314. The highest BCUT2D eigenvalue weighted by atomic mass is 16.2. The summed E-state index contributed by atoms with van der Waals surface area (Å²) >= 11 is 0. The SMILES string of the molecule is CCC(C)(C)NC(=O)CNC1CCC(=O)NC1=O. The van der Waals surface area contributed by atoms with Gasteiger partial charge in [-0.05, 0) is 26.7 Å². The van der Waals surface area contributed by atoms with Crippen LogP contribution in [0.15, 0.2) is 0 Å². The Balaban J connectivity index is 2.35. The first kappa shape index (κ1) is 14.6. The molecule has 1 unspecified atom stereocenters. The number of hydrogen-bond donors (Lipinski definition) is 3. The molecule has 6 nitrogen and oxygen atoms in total. The zero-order valence-electron chi connectivity index (χ0n) is 11.1. The highest BCUT2D eigenvalue weighted by Crippen LogP contribution is 2.06. The average Bonchev–Trinajstić information content (AvgIpc) is 2.27. The van der Waals surface area contributed by atoms with Crippen LogP contribution in [0.4, 0.5) is 0 Å². The molecule has 1 aliphatic rings. The molecule has 18 heavy (non-hydrogen) atoms. The second-order valence-electron chi connectivity index (χ2n) is 5.17. The summed E-state index contributed by atoms with van der Waals surface area (Å²) in [4.78, 5) is 34.0. The van der Waals surface area contributed by atoms with Gasteiger partial charge >= 0.3 is 0 Å². The zero-order chi connectivity index (χ0) is 13.8. The molecule has 6 heteroatoms. The van der Waals surface area contributed by atoms with Crippen LogP contribution in [-0.4, -0.2) is 35.8 Å². The van der Waals surface area contributed by atoms with Crippen LogP contribution in [0.3, 0.4) is 0 Å². The van der Waals surface area contributed by atoms with Crippen LogP contribution >= 0.6 is 0 Å². The monoisotopic (exact) mass is 255 g/mol. The third-order valence-corrected chi connectivity index (χ3v) is 3.11. The molecule has 3 amide bonds. The third kappa shape index (κ3) is 4.44. The lowest BCUT2D eigenvalue weighted by Crippen LogP contribution is -2.54. The molecule has 102 valence electrons. The lowest BCUT2D eigenvalue weighted by molar-refractivity contribution is -0.134. The first-order chi connectivity index (χ1) is 8.34. The van der Waals surface area contributed by atoms with Gasteiger partial charge < -0.3 is 5.32 Å². The summed E-state index contributed by atoms with van der Waals surface area (Å²) in [6.45, 7) is 5.96. The van der Waals surface area contributed by atoms with Gasteiger partial charge in [0.15, 0.2) is 0 Å². The molecular formula is C12H21N3O3. The number of imide groups is 1. The first-order valence-electron chi connectivity index (χ1n) is 6.22. The molecule has 0 spiro atoms. The van der Waals surface area contributed by atoms with Gasteiger partial charge in [-0.3, -0.25) is 25.0 Å². The van der Waals surface area contributed by atoms with E-state index in [2.05, 4.69) is 16.0 Å². The van der Waals surface area contributed by atoms with E-state index in [1.807, 2.05) is 20.8 Å². The molecule has 0 aromatic carbocycles. The fourth-order valence-corrected chi connectivity index (χ4v) is 1.61. The normalized spacial score (nSPS) is 20.5. The van der Waals surface area contributed by atoms with Crippen LogP contribution in [0.5, 0.6) is 0 Å². The largest absolute Gasteiger partial charge is 0.350 e. The number of rotatable bonds is 5. The maximum atomic E-state index is 11.7. The minimum Gasteiger partial charge on any atom is -0.350 e. The lowest BCUT2D eigenvalue weighted by atomic mass is 10.0. The van der Waals surface area contributed by atoms with Crippen molar-refractivity contribution in [2.24, 2.45) is 0 Å². The summed E-state index contributed by atoms with van der Waals surface area (Å²) in [5.74, 6) is -0.755. The van der Waals surface area contributed by atoms with E-state index in [1.54, 1.807) is 0 Å². The Kier molecular flexibility index (Phi) is 4.84. The van der Waals surface area contributed by atoms with Crippen LogP contribution in [0.2, 0.25) is 0 Å². The Bertz CT molecular complexity index is 352. The molecule has 1 aliphatic heterocycles. The van der Waals surface area contributed by atoms with E-state index in [0.29, 0.717) is 12.8 Å². The topological polar surface area (TPSA) is 87.3 Å².